The Hall–Kier alpha value is -3.16. The fourth-order valence-electron chi connectivity index (χ4n) is 5.82. The van der Waals surface area contributed by atoms with Gasteiger partial charge in [0.2, 0.25) is 11.8 Å². The van der Waals surface area contributed by atoms with Gasteiger partial charge in [-0.2, -0.15) is 0 Å². The molecule has 6 rings (SSSR count). The number of ether oxygens (including phenoxy) is 1. The number of hydrogen-bond acceptors (Lipinski definition) is 4. The Morgan fingerprint density at radius 2 is 1.76 bits per heavy atom. The molecule has 2 atom stereocenters. The summed E-state index contributed by atoms with van der Waals surface area (Å²) in [5.41, 5.74) is 5.43. The molecule has 0 radical (unpaired) electrons. The smallest absolute Gasteiger partial charge is 0.246 e. The second-order valence-corrected chi connectivity index (χ2v) is 9.56. The summed E-state index contributed by atoms with van der Waals surface area (Å²) in [7, 11) is 0. The van der Waals surface area contributed by atoms with Crippen molar-refractivity contribution in [3.8, 4) is 0 Å². The van der Waals surface area contributed by atoms with Crippen molar-refractivity contribution in [1.82, 2.24) is 19.7 Å². The highest BCUT2D eigenvalue weighted by molar-refractivity contribution is 5.97. The summed E-state index contributed by atoms with van der Waals surface area (Å²) in [4.78, 5) is 37.0. The number of fused-ring (bicyclic) bond motifs is 4. The number of amides is 2. The van der Waals surface area contributed by atoms with E-state index < -0.39 is 6.04 Å². The highest BCUT2D eigenvalue weighted by atomic mass is 16.5. The lowest BCUT2D eigenvalue weighted by molar-refractivity contribution is -0.158. The summed E-state index contributed by atoms with van der Waals surface area (Å²) in [6.45, 7) is 6.76. The summed E-state index contributed by atoms with van der Waals surface area (Å²) >= 11 is 0. The Morgan fingerprint density at radius 1 is 1.00 bits per heavy atom. The lowest BCUT2D eigenvalue weighted by Crippen LogP contribution is -2.63. The number of carbonyl (C=O) groups excluding carboxylic acids is 2. The van der Waals surface area contributed by atoms with Gasteiger partial charge in [0.1, 0.15) is 6.04 Å². The van der Waals surface area contributed by atoms with Crippen LogP contribution < -0.4 is 0 Å². The van der Waals surface area contributed by atoms with Gasteiger partial charge in [0.25, 0.3) is 0 Å². The number of hydrogen-bond donors (Lipinski definition) is 1. The van der Waals surface area contributed by atoms with Gasteiger partial charge in [-0.15, -0.1) is 0 Å². The van der Waals surface area contributed by atoms with E-state index in [4.69, 9.17) is 4.74 Å². The van der Waals surface area contributed by atoms with Crippen molar-refractivity contribution in [3.05, 3.63) is 70.9 Å². The molecule has 3 aliphatic rings. The molecule has 3 aliphatic heterocycles. The van der Waals surface area contributed by atoms with Crippen molar-refractivity contribution in [2.45, 2.75) is 25.4 Å². The molecule has 1 aromatic heterocycles. The number of aromatic amines is 1. The molecule has 3 aromatic rings. The highest BCUT2D eigenvalue weighted by Crippen LogP contribution is 2.43. The molecule has 7 heteroatoms. The van der Waals surface area contributed by atoms with E-state index in [-0.39, 0.29) is 24.4 Å². The Morgan fingerprint density at radius 3 is 2.59 bits per heavy atom. The molecule has 0 unspecified atom stereocenters. The Labute approximate surface area is 199 Å². The number of nitrogens with zero attached hydrogens (tertiary/aromatic N) is 3. The van der Waals surface area contributed by atoms with Crippen molar-refractivity contribution >= 4 is 22.7 Å². The maximum atomic E-state index is 13.8. The van der Waals surface area contributed by atoms with Crippen LogP contribution in [-0.4, -0.2) is 83.5 Å². The number of aromatic nitrogens is 1. The quantitative estimate of drug-likeness (QED) is 0.652. The number of carbonyl (C=O) groups is 2. The molecule has 0 aliphatic carbocycles. The Bertz CT molecular complexity index is 1250. The first-order valence-electron chi connectivity index (χ1n) is 12.2. The van der Waals surface area contributed by atoms with E-state index in [1.165, 1.54) is 0 Å². The number of para-hydroxylation sites is 1. The third kappa shape index (κ3) is 3.51. The van der Waals surface area contributed by atoms with Crippen LogP contribution in [-0.2, 0) is 20.7 Å². The van der Waals surface area contributed by atoms with Gasteiger partial charge >= 0.3 is 0 Å². The van der Waals surface area contributed by atoms with E-state index in [0.717, 1.165) is 66.1 Å². The fraction of sp³-hybridized carbons (Fsp3) is 0.407. The van der Waals surface area contributed by atoms with E-state index in [2.05, 4.69) is 41.1 Å². The van der Waals surface area contributed by atoms with E-state index in [9.17, 15) is 9.59 Å². The van der Waals surface area contributed by atoms with Crippen molar-refractivity contribution in [2.75, 3.05) is 45.9 Å². The summed E-state index contributed by atoms with van der Waals surface area (Å²) < 4.78 is 5.44. The molecule has 0 saturated carbocycles. The third-order valence-electron chi connectivity index (χ3n) is 7.62. The van der Waals surface area contributed by atoms with E-state index in [1.807, 2.05) is 29.2 Å². The molecule has 176 valence electrons. The summed E-state index contributed by atoms with van der Waals surface area (Å²) in [6.07, 6.45) is 0.542. The van der Waals surface area contributed by atoms with Gasteiger partial charge in [-0.25, -0.2) is 0 Å². The molecule has 34 heavy (non-hydrogen) atoms. The molecule has 2 aromatic carbocycles. The zero-order valence-corrected chi connectivity index (χ0v) is 19.5. The number of morpholine rings is 1. The molecule has 2 saturated heterocycles. The molecule has 1 N–H and O–H groups in total. The molecule has 4 heterocycles. The van der Waals surface area contributed by atoms with Crippen LogP contribution in [0.1, 0.15) is 28.4 Å². The summed E-state index contributed by atoms with van der Waals surface area (Å²) in [5, 5.41) is 1.14. The van der Waals surface area contributed by atoms with Gasteiger partial charge < -0.3 is 19.5 Å². The van der Waals surface area contributed by atoms with Crippen LogP contribution in [0.25, 0.3) is 10.9 Å². The maximum absolute atomic E-state index is 13.8. The SMILES string of the molecule is Cc1ccccc1[C@@H]1c2[nH]c3ccccc3c2C[C@H]2C(=O)N(CCN3CCOCC3)CC(=O)N12. The van der Waals surface area contributed by atoms with Gasteiger partial charge in [-0.05, 0) is 29.7 Å². The van der Waals surface area contributed by atoms with Crippen molar-refractivity contribution in [1.29, 1.82) is 0 Å². The van der Waals surface area contributed by atoms with Gasteiger partial charge in [-0.3, -0.25) is 14.5 Å². The molecule has 0 spiro atoms. The minimum atomic E-state index is -0.484. The number of nitrogens with one attached hydrogen (secondary N) is 1. The van der Waals surface area contributed by atoms with Gasteiger partial charge in [-0.1, -0.05) is 42.5 Å². The topological polar surface area (TPSA) is 68.9 Å². The number of piperazine rings is 1. The van der Waals surface area contributed by atoms with E-state index in [0.29, 0.717) is 13.0 Å². The van der Waals surface area contributed by atoms with E-state index in [1.54, 1.807) is 4.90 Å². The lowest BCUT2D eigenvalue weighted by Gasteiger charge is -2.47. The van der Waals surface area contributed by atoms with Gasteiger partial charge in [0.15, 0.2) is 0 Å². The zero-order chi connectivity index (χ0) is 23.2. The Kier molecular flexibility index (Phi) is 5.38. The number of aryl methyl sites for hydroxylation is 1. The molecular weight excluding hydrogens is 428 g/mol. The van der Waals surface area contributed by atoms with Crippen LogP contribution in [0, 0.1) is 6.92 Å². The van der Waals surface area contributed by atoms with Crippen LogP contribution in [0.3, 0.4) is 0 Å². The summed E-state index contributed by atoms with van der Waals surface area (Å²) in [6, 6.07) is 15.6. The Balaban J connectivity index is 1.38. The lowest BCUT2D eigenvalue weighted by atomic mass is 9.85. The van der Waals surface area contributed by atoms with Gasteiger partial charge in [0, 0.05) is 49.2 Å². The first-order valence-corrected chi connectivity index (χ1v) is 12.2. The number of H-pyrrole nitrogens is 1. The minimum absolute atomic E-state index is 0.0177. The van der Waals surface area contributed by atoms with Crippen molar-refractivity contribution in [2.24, 2.45) is 0 Å². The minimum Gasteiger partial charge on any atom is -0.379 e. The average Bonchev–Trinajstić information content (AvgIpc) is 3.24. The zero-order valence-electron chi connectivity index (χ0n) is 19.5. The summed E-state index contributed by atoms with van der Waals surface area (Å²) in [5.74, 6) is 0.0755. The third-order valence-corrected chi connectivity index (χ3v) is 7.62. The molecule has 7 nitrogen and oxygen atoms in total. The predicted molar refractivity (Wildman–Crippen MR) is 129 cm³/mol. The first-order chi connectivity index (χ1) is 16.6. The molecule has 2 fully saturated rings. The molecule has 2 amide bonds. The number of benzene rings is 2. The predicted octanol–water partition coefficient (Wildman–Crippen LogP) is 2.49. The monoisotopic (exact) mass is 458 g/mol. The maximum Gasteiger partial charge on any atom is 0.246 e. The average molecular weight is 459 g/mol. The second-order valence-electron chi connectivity index (χ2n) is 9.56. The largest absolute Gasteiger partial charge is 0.379 e. The van der Waals surface area contributed by atoms with Crippen LogP contribution in [0.5, 0.6) is 0 Å². The fourth-order valence-corrected chi connectivity index (χ4v) is 5.82. The van der Waals surface area contributed by atoms with Crippen LogP contribution >= 0.6 is 0 Å². The van der Waals surface area contributed by atoms with Crippen molar-refractivity contribution < 1.29 is 14.3 Å². The highest BCUT2D eigenvalue weighted by Gasteiger charge is 2.48. The second kappa shape index (κ2) is 8.56. The molecular formula is C27H30N4O3. The molecule has 0 bridgehead atoms. The standard InChI is InChI=1S/C27H30N4O3/c1-18-6-2-3-7-19(18)26-25-21(20-8-4-5-9-22(20)28-25)16-23-27(33)30(17-24(32)31(23)26)11-10-29-12-14-34-15-13-29/h2-9,23,26,28H,10-17H2,1H3/t23-,26+/m0/s1. The van der Waals surface area contributed by atoms with Crippen LogP contribution in [0.4, 0.5) is 0 Å². The van der Waals surface area contributed by atoms with Gasteiger partial charge in [0.05, 0.1) is 25.8 Å². The normalized spacial score (nSPS) is 23.3. The van der Waals surface area contributed by atoms with Crippen LogP contribution in [0.15, 0.2) is 48.5 Å². The van der Waals surface area contributed by atoms with Crippen LogP contribution in [0.2, 0.25) is 0 Å². The van der Waals surface area contributed by atoms with Crippen molar-refractivity contribution in [3.63, 3.8) is 0 Å². The van der Waals surface area contributed by atoms with E-state index >= 15 is 0 Å². The first kappa shape index (κ1) is 21.4. The number of rotatable bonds is 4.